The van der Waals surface area contributed by atoms with Crippen LogP contribution in [-0.4, -0.2) is 14.2 Å². The van der Waals surface area contributed by atoms with E-state index < -0.39 is 0 Å². The summed E-state index contributed by atoms with van der Waals surface area (Å²) in [6.45, 7) is 0.812. The summed E-state index contributed by atoms with van der Waals surface area (Å²) in [5.41, 5.74) is 8.85. The normalized spacial score (nSPS) is 10.3. The molecule has 2 aromatic rings. The molecule has 0 bridgehead atoms. The fraction of sp³-hybridized carbons (Fsp3) is 0.200. The van der Waals surface area contributed by atoms with E-state index in [4.69, 9.17) is 10.5 Å². The molecular formula is C15H17BrN2O. The minimum Gasteiger partial charge on any atom is -0.497 e. The number of hydrogen-bond acceptors (Lipinski definition) is 3. The van der Waals surface area contributed by atoms with Crippen LogP contribution in [0, 0.1) is 0 Å². The van der Waals surface area contributed by atoms with E-state index in [2.05, 4.69) is 33.0 Å². The number of nitrogens with two attached hydrogens (primary N) is 1. The van der Waals surface area contributed by atoms with Crippen molar-refractivity contribution in [1.29, 1.82) is 0 Å². The monoisotopic (exact) mass is 320 g/mol. The molecule has 0 aliphatic rings. The number of nitrogen functional groups attached to an aromatic ring is 1. The highest BCUT2D eigenvalue weighted by molar-refractivity contribution is 9.10. The van der Waals surface area contributed by atoms with Crippen LogP contribution in [0.5, 0.6) is 5.75 Å². The Morgan fingerprint density at radius 2 is 2.00 bits per heavy atom. The molecule has 0 radical (unpaired) electrons. The maximum Gasteiger partial charge on any atom is 0.122 e. The first-order valence-electron chi connectivity index (χ1n) is 5.98. The number of methoxy groups -OCH3 is 1. The summed E-state index contributed by atoms with van der Waals surface area (Å²) in [6.07, 6.45) is 0. The highest BCUT2D eigenvalue weighted by Crippen LogP contribution is 2.26. The van der Waals surface area contributed by atoms with Crippen molar-refractivity contribution >= 4 is 27.3 Å². The molecule has 0 aliphatic heterocycles. The van der Waals surface area contributed by atoms with Crippen LogP contribution in [0.15, 0.2) is 46.9 Å². The fourth-order valence-electron chi connectivity index (χ4n) is 1.94. The van der Waals surface area contributed by atoms with E-state index in [-0.39, 0.29) is 0 Å². The maximum absolute atomic E-state index is 5.88. The average molecular weight is 321 g/mol. The van der Waals surface area contributed by atoms with Gasteiger partial charge in [0.2, 0.25) is 0 Å². The van der Waals surface area contributed by atoms with Gasteiger partial charge in [-0.25, -0.2) is 0 Å². The second kappa shape index (κ2) is 5.97. The minimum atomic E-state index is 0.704. The van der Waals surface area contributed by atoms with Crippen molar-refractivity contribution in [3.63, 3.8) is 0 Å². The van der Waals surface area contributed by atoms with Gasteiger partial charge in [0.15, 0.2) is 0 Å². The molecule has 0 amide bonds. The van der Waals surface area contributed by atoms with E-state index in [1.807, 2.05) is 37.4 Å². The van der Waals surface area contributed by atoms with Gasteiger partial charge >= 0.3 is 0 Å². The second-order valence-corrected chi connectivity index (χ2v) is 5.37. The predicted molar refractivity (Wildman–Crippen MR) is 83.7 cm³/mol. The number of halogens is 1. The van der Waals surface area contributed by atoms with Crippen LogP contribution in [0.3, 0.4) is 0 Å². The summed E-state index contributed by atoms with van der Waals surface area (Å²) in [5, 5.41) is 0. The molecule has 0 saturated carbocycles. The summed E-state index contributed by atoms with van der Waals surface area (Å²) >= 11 is 3.48. The Bertz CT molecular complexity index is 572. The Labute approximate surface area is 122 Å². The molecule has 2 N–H and O–H groups in total. The van der Waals surface area contributed by atoms with Crippen LogP contribution in [0.1, 0.15) is 5.56 Å². The quantitative estimate of drug-likeness (QED) is 0.873. The van der Waals surface area contributed by atoms with Gasteiger partial charge in [0.25, 0.3) is 0 Å². The molecular weight excluding hydrogens is 304 g/mol. The Morgan fingerprint density at radius 1 is 1.21 bits per heavy atom. The molecule has 19 heavy (non-hydrogen) atoms. The van der Waals surface area contributed by atoms with Gasteiger partial charge in [-0.3, -0.25) is 0 Å². The first kappa shape index (κ1) is 13.7. The van der Waals surface area contributed by atoms with Crippen LogP contribution in [0.25, 0.3) is 0 Å². The van der Waals surface area contributed by atoms with Gasteiger partial charge in [-0.05, 0) is 23.8 Å². The largest absolute Gasteiger partial charge is 0.497 e. The topological polar surface area (TPSA) is 38.5 Å². The predicted octanol–water partition coefficient (Wildman–Crippen LogP) is 3.68. The summed E-state index contributed by atoms with van der Waals surface area (Å²) < 4.78 is 6.33. The first-order valence-corrected chi connectivity index (χ1v) is 6.78. The zero-order valence-electron chi connectivity index (χ0n) is 11.1. The van der Waals surface area contributed by atoms with E-state index in [1.165, 1.54) is 5.56 Å². The maximum atomic E-state index is 5.88. The number of hydrogen-bond donors (Lipinski definition) is 1. The number of nitrogens with zero attached hydrogens (tertiary/aromatic N) is 1. The molecule has 0 fully saturated rings. The molecule has 2 rings (SSSR count). The van der Waals surface area contributed by atoms with Gasteiger partial charge < -0.3 is 15.4 Å². The van der Waals surface area contributed by atoms with Gasteiger partial charge in [-0.15, -0.1) is 0 Å². The number of benzene rings is 2. The third-order valence-corrected chi connectivity index (χ3v) is 3.39. The van der Waals surface area contributed by atoms with Crippen molar-refractivity contribution in [2.45, 2.75) is 6.54 Å². The van der Waals surface area contributed by atoms with Gasteiger partial charge in [0.1, 0.15) is 5.75 Å². The molecule has 2 aromatic carbocycles. The van der Waals surface area contributed by atoms with E-state index >= 15 is 0 Å². The van der Waals surface area contributed by atoms with Crippen molar-refractivity contribution in [3.05, 3.63) is 52.5 Å². The van der Waals surface area contributed by atoms with Crippen LogP contribution in [0.2, 0.25) is 0 Å². The molecule has 4 heteroatoms. The molecule has 0 unspecified atom stereocenters. The van der Waals surface area contributed by atoms with Gasteiger partial charge in [-0.2, -0.15) is 0 Å². The lowest BCUT2D eigenvalue weighted by atomic mass is 10.2. The first-order chi connectivity index (χ1) is 9.08. The Hall–Kier alpha value is -1.68. The Balaban J connectivity index is 2.20. The summed E-state index contributed by atoms with van der Waals surface area (Å²) in [6, 6.07) is 14.0. The van der Waals surface area contributed by atoms with Crippen molar-refractivity contribution in [2.24, 2.45) is 0 Å². The van der Waals surface area contributed by atoms with Crippen LogP contribution in [0.4, 0.5) is 11.4 Å². The third kappa shape index (κ3) is 3.64. The summed E-state index contributed by atoms with van der Waals surface area (Å²) in [7, 11) is 3.68. The molecule has 0 aliphatic carbocycles. The number of anilines is 2. The van der Waals surface area contributed by atoms with Crippen LogP contribution < -0.4 is 15.4 Å². The molecule has 0 spiro atoms. The summed E-state index contributed by atoms with van der Waals surface area (Å²) in [5.74, 6) is 0.774. The lowest BCUT2D eigenvalue weighted by Crippen LogP contribution is -2.16. The molecule has 0 heterocycles. The number of ether oxygens (including phenoxy) is 1. The smallest absolute Gasteiger partial charge is 0.122 e. The second-order valence-electron chi connectivity index (χ2n) is 4.45. The number of rotatable bonds is 4. The molecule has 0 aromatic heterocycles. The highest BCUT2D eigenvalue weighted by atomic mass is 79.9. The van der Waals surface area contributed by atoms with Gasteiger partial charge in [0, 0.05) is 41.6 Å². The Morgan fingerprint density at radius 3 is 2.68 bits per heavy atom. The van der Waals surface area contributed by atoms with Gasteiger partial charge in [-0.1, -0.05) is 28.1 Å². The van der Waals surface area contributed by atoms with E-state index in [9.17, 15) is 0 Å². The van der Waals surface area contributed by atoms with Crippen molar-refractivity contribution in [3.8, 4) is 5.75 Å². The van der Waals surface area contributed by atoms with Crippen molar-refractivity contribution in [1.82, 2.24) is 0 Å². The lowest BCUT2D eigenvalue weighted by Gasteiger charge is -2.20. The third-order valence-electron chi connectivity index (χ3n) is 2.90. The van der Waals surface area contributed by atoms with Crippen molar-refractivity contribution < 1.29 is 4.74 Å². The Kier molecular flexibility index (Phi) is 4.32. The zero-order chi connectivity index (χ0) is 13.8. The van der Waals surface area contributed by atoms with Crippen LogP contribution in [-0.2, 0) is 6.54 Å². The van der Waals surface area contributed by atoms with Crippen molar-refractivity contribution in [2.75, 3.05) is 24.8 Å². The van der Waals surface area contributed by atoms with E-state index in [0.717, 1.165) is 22.5 Å². The van der Waals surface area contributed by atoms with E-state index in [0.29, 0.717) is 5.69 Å². The molecule has 100 valence electrons. The fourth-order valence-corrected chi connectivity index (χ4v) is 2.39. The van der Waals surface area contributed by atoms with Gasteiger partial charge in [0.05, 0.1) is 7.11 Å². The average Bonchev–Trinajstić information content (AvgIpc) is 2.38. The van der Waals surface area contributed by atoms with E-state index in [1.54, 1.807) is 7.11 Å². The SMILES string of the molecule is COc1cc(N)cc(N(C)Cc2cccc(Br)c2)c1. The highest BCUT2D eigenvalue weighted by Gasteiger charge is 2.05. The lowest BCUT2D eigenvalue weighted by molar-refractivity contribution is 0.415. The molecule has 0 atom stereocenters. The van der Waals surface area contributed by atoms with Crippen LogP contribution >= 0.6 is 15.9 Å². The molecule has 0 saturated heterocycles. The minimum absolute atomic E-state index is 0.704. The zero-order valence-corrected chi connectivity index (χ0v) is 12.6. The standard InChI is InChI=1S/C15H17BrN2O/c1-18(10-11-4-3-5-12(16)6-11)14-7-13(17)8-15(9-14)19-2/h3-9H,10,17H2,1-2H3. The summed E-state index contributed by atoms with van der Waals surface area (Å²) in [4.78, 5) is 2.14. The molecule has 3 nitrogen and oxygen atoms in total.